The van der Waals surface area contributed by atoms with Crippen molar-refractivity contribution in [2.24, 2.45) is 16.6 Å². The van der Waals surface area contributed by atoms with E-state index in [0.717, 1.165) is 56.0 Å². The van der Waals surface area contributed by atoms with Gasteiger partial charge in [0.2, 0.25) is 5.91 Å². The lowest BCUT2D eigenvalue weighted by atomic mass is 9.95. The van der Waals surface area contributed by atoms with Crippen molar-refractivity contribution in [1.82, 2.24) is 10.2 Å². The highest BCUT2D eigenvalue weighted by atomic mass is 127. The van der Waals surface area contributed by atoms with Crippen LogP contribution in [0.1, 0.15) is 37.7 Å². The van der Waals surface area contributed by atoms with Gasteiger partial charge in [0.25, 0.3) is 5.91 Å². The second kappa shape index (κ2) is 12.1. The molecule has 2 atom stereocenters. The maximum absolute atomic E-state index is 12.2. The number of rotatable bonds is 6. The van der Waals surface area contributed by atoms with E-state index in [9.17, 15) is 9.59 Å². The highest BCUT2D eigenvalue weighted by molar-refractivity contribution is 14.0. The van der Waals surface area contributed by atoms with Gasteiger partial charge in [-0.1, -0.05) is 12.1 Å². The molecule has 1 aromatic carbocycles. The van der Waals surface area contributed by atoms with E-state index >= 15 is 0 Å². The van der Waals surface area contributed by atoms with E-state index in [1.54, 1.807) is 7.05 Å². The predicted molar refractivity (Wildman–Crippen MR) is 128 cm³/mol. The van der Waals surface area contributed by atoms with E-state index in [4.69, 9.17) is 10.5 Å². The molecule has 1 aromatic rings. The van der Waals surface area contributed by atoms with Crippen LogP contribution in [0.15, 0.2) is 29.3 Å². The van der Waals surface area contributed by atoms with E-state index < -0.39 is 0 Å². The molecule has 2 aliphatic rings. The van der Waals surface area contributed by atoms with Crippen LogP contribution < -0.4 is 16.4 Å². The molecular formula is C21H32IN5O3. The number of benzene rings is 1. The van der Waals surface area contributed by atoms with Gasteiger partial charge in [0, 0.05) is 45.4 Å². The highest BCUT2D eigenvalue weighted by Crippen LogP contribution is 2.20. The summed E-state index contributed by atoms with van der Waals surface area (Å²) in [7, 11) is 1.76. The first-order valence-electron chi connectivity index (χ1n) is 10.3. The molecule has 2 fully saturated rings. The lowest BCUT2D eigenvalue weighted by Crippen LogP contribution is -2.46. The van der Waals surface area contributed by atoms with Crippen molar-refractivity contribution in [3.05, 3.63) is 29.8 Å². The molecule has 0 aromatic heterocycles. The lowest BCUT2D eigenvalue weighted by molar-refractivity contribution is -0.124. The van der Waals surface area contributed by atoms with Gasteiger partial charge in [-0.05, 0) is 49.3 Å². The number of nitrogens with two attached hydrogens (primary N) is 1. The van der Waals surface area contributed by atoms with Crippen molar-refractivity contribution in [2.75, 3.05) is 32.1 Å². The molecule has 9 heteroatoms. The SMILES string of the molecule is CN=C(NCc1cccc(NC(=O)C2CCCO2)c1)N1CCCC(CC(N)=O)C1.I. The number of halogens is 1. The number of anilines is 1. The number of nitrogens with one attached hydrogen (secondary N) is 2. The van der Waals surface area contributed by atoms with Crippen LogP contribution in [0.25, 0.3) is 0 Å². The first-order valence-corrected chi connectivity index (χ1v) is 10.3. The molecule has 0 aliphatic carbocycles. The van der Waals surface area contributed by atoms with Crippen molar-refractivity contribution in [3.63, 3.8) is 0 Å². The smallest absolute Gasteiger partial charge is 0.253 e. The fraction of sp³-hybridized carbons (Fsp3) is 0.571. The molecule has 0 saturated carbocycles. The number of primary amides is 1. The number of carbonyl (C=O) groups is 2. The summed E-state index contributed by atoms with van der Waals surface area (Å²) in [6, 6.07) is 7.77. The van der Waals surface area contributed by atoms with Crippen LogP contribution in [-0.4, -0.2) is 55.5 Å². The van der Waals surface area contributed by atoms with Crippen molar-refractivity contribution >= 4 is 47.4 Å². The molecule has 2 amide bonds. The maximum Gasteiger partial charge on any atom is 0.253 e. The lowest BCUT2D eigenvalue weighted by Gasteiger charge is -2.34. The Morgan fingerprint density at radius 2 is 2.13 bits per heavy atom. The molecule has 2 aliphatic heterocycles. The van der Waals surface area contributed by atoms with Crippen LogP contribution >= 0.6 is 24.0 Å². The summed E-state index contributed by atoms with van der Waals surface area (Å²) in [5.74, 6) is 0.753. The van der Waals surface area contributed by atoms with E-state index in [-0.39, 0.29) is 47.8 Å². The minimum Gasteiger partial charge on any atom is -0.370 e. The number of likely N-dealkylation sites (tertiary alicyclic amines) is 1. The Morgan fingerprint density at radius 1 is 1.30 bits per heavy atom. The van der Waals surface area contributed by atoms with Gasteiger partial charge >= 0.3 is 0 Å². The largest absolute Gasteiger partial charge is 0.370 e. The van der Waals surface area contributed by atoms with E-state index in [1.165, 1.54) is 0 Å². The Hall–Kier alpha value is -1.88. The Balaban J connectivity index is 0.00000320. The number of ether oxygens (including phenoxy) is 1. The van der Waals surface area contributed by atoms with Gasteiger partial charge in [0.1, 0.15) is 6.10 Å². The van der Waals surface area contributed by atoms with Crippen LogP contribution in [0.4, 0.5) is 5.69 Å². The zero-order chi connectivity index (χ0) is 20.6. The summed E-state index contributed by atoms with van der Waals surface area (Å²) in [5.41, 5.74) is 7.17. The Bertz CT molecular complexity index is 752. The van der Waals surface area contributed by atoms with Crippen molar-refractivity contribution in [2.45, 2.75) is 44.8 Å². The van der Waals surface area contributed by atoms with Crippen LogP contribution in [0.3, 0.4) is 0 Å². The number of piperidine rings is 1. The van der Waals surface area contributed by atoms with Gasteiger partial charge in [-0.15, -0.1) is 24.0 Å². The summed E-state index contributed by atoms with van der Waals surface area (Å²) in [5, 5.41) is 6.32. The minimum absolute atomic E-state index is 0. The van der Waals surface area contributed by atoms with Gasteiger partial charge in [-0.2, -0.15) is 0 Å². The summed E-state index contributed by atoms with van der Waals surface area (Å²) in [4.78, 5) is 30.1. The number of hydrogen-bond acceptors (Lipinski definition) is 4. The summed E-state index contributed by atoms with van der Waals surface area (Å²) < 4.78 is 5.44. The Morgan fingerprint density at radius 3 is 2.83 bits per heavy atom. The third-order valence-corrected chi connectivity index (χ3v) is 5.39. The topological polar surface area (TPSA) is 109 Å². The molecule has 30 heavy (non-hydrogen) atoms. The second-order valence-corrected chi connectivity index (χ2v) is 7.72. The number of nitrogens with zero attached hydrogens (tertiary/aromatic N) is 2. The van der Waals surface area contributed by atoms with Crippen LogP contribution in [0, 0.1) is 5.92 Å². The molecule has 4 N–H and O–H groups in total. The molecule has 2 saturated heterocycles. The van der Waals surface area contributed by atoms with Crippen LogP contribution in [-0.2, 0) is 20.9 Å². The summed E-state index contributed by atoms with van der Waals surface area (Å²) >= 11 is 0. The standard InChI is InChI=1S/C21H31N5O3.HI/c1-23-21(26-9-3-6-16(14-26)12-19(22)27)24-13-15-5-2-7-17(11-15)25-20(28)18-8-4-10-29-18;/h2,5,7,11,16,18H,3-4,6,8-10,12-14H2,1H3,(H2,22,27)(H,23,24)(H,25,28);1H. The number of guanidine groups is 1. The van der Waals surface area contributed by atoms with Gasteiger partial charge in [0.15, 0.2) is 5.96 Å². The molecule has 2 unspecified atom stereocenters. The van der Waals surface area contributed by atoms with Crippen LogP contribution in [0.5, 0.6) is 0 Å². The quantitative estimate of drug-likeness (QED) is 0.297. The highest BCUT2D eigenvalue weighted by Gasteiger charge is 2.24. The average molecular weight is 529 g/mol. The minimum atomic E-state index is -0.344. The van der Waals surface area contributed by atoms with Crippen LogP contribution in [0.2, 0.25) is 0 Å². The normalized spacial score (nSPS) is 21.6. The Labute approximate surface area is 195 Å². The average Bonchev–Trinajstić information content (AvgIpc) is 3.24. The molecule has 2 heterocycles. The summed E-state index contributed by atoms with van der Waals surface area (Å²) in [6.45, 7) is 2.93. The molecule has 3 rings (SSSR count). The van der Waals surface area contributed by atoms with Gasteiger partial charge in [0.05, 0.1) is 0 Å². The maximum atomic E-state index is 12.2. The number of amides is 2. The summed E-state index contributed by atoms with van der Waals surface area (Å²) in [6.07, 6.45) is 3.81. The van der Waals surface area contributed by atoms with E-state index in [2.05, 4.69) is 20.5 Å². The molecule has 0 spiro atoms. The van der Waals surface area contributed by atoms with Crippen molar-refractivity contribution in [3.8, 4) is 0 Å². The molecule has 0 bridgehead atoms. The predicted octanol–water partition coefficient (Wildman–Crippen LogP) is 2.08. The zero-order valence-electron chi connectivity index (χ0n) is 17.4. The molecule has 166 valence electrons. The van der Waals surface area contributed by atoms with E-state index in [1.807, 2.05) is 24.3 Å². The fourth-order valence-electron chi connectivity index (χ4n) is 3.99. The molecule has 0 radical (unpaired) electrons. The van der Waals surface area contributed by atoms with Crippen molar-refractivity contribution < 1.29 is 14.3 Å². The van der Waals surface area contributed by atoms with Crippen molar-refractivity contribution in [1.29, 1.82) is 0 Å². The Kier molecular flexibility index (Phi) is 9.83. The van der Waals surface area contributed by atoms with Gasteiger partial charge < -0.3 is 26.0 Å². The number of carbonyl (C=O) groups excluding carboxylic acids is 2. The third kappa shape index (κ3) is 7.12. The van der Waals surface area contributed by atoms with E-state index in [0.29, 0.717) is 19.6 Å². The van der Waals surface area contributed by atoms with Gasteiger partial charge in [-0.3, -0.25) is 14.6 Å². The number of aliphatic imine (C=N–C) groups is 1. The first kappa shape index (κ1) is 24.4. The first-order chi connectivity index (χ1) is 14.0. The zero-order valence-corrected chi connectivity index (χ0v) is 19.8. The molecular weight excluding hydrogens is 497 g/mol. The van der Waals surface area contributed by atoms with Gasteiger partial charge in [-0.25, -0.2) is 0 Å². The monoisotopic (exact) mass is 529 g/mol. The second-order valence-electron chi connectivity index (χ2n) is 7.72. The fourth-order valence-corrected chi connectivity index (χ4v) is 3.99. The third-order valence-electron chi connectivity index (χ3n) is 5.39. The molecule has 8 nitrogen and oxygen atoms in total. The number of hydrogen-bond donors (Lipinski definition) is 3.